The van der Waals surface area contributed by atoms with Crippen LogP contribution in [0.5, 0.6) is 5.75 Å². The van der Waals surface area contributed by atoms with Crippen LogP contribution in [-0.4, -0.2) is 13.2 Å². The lowest BCUT2D eigenvalue weighted by Gasteiger charge is -2.14. The fourth-order valence-electron chi connectivity index (χ4n) is 4.80. The van der Waals surface area contributed by atoms with E-state index in [0.717, 1.165) is 51.0 Å². The van der Waals surface area contributed by atoms with Crippen LogP contribution in [0.4, 0.5) is 0 Å². The van der Waals surface area contributed by atoms with E-state index >= 15 is 0 Å². The Morgan fingerprint density at radius 2 is 1.90 bits per heavy atom. The van der Waals surface area contributed by atoms with Crippen LogP contribution < -0.4 is 10.1 Å². The molecule has 1 N–H and O–H groups in total. The topological polar surface area (TPSA) is 21.3 Å². The van der Waals surface area contributed by atoms with Crippen LogP contribution >= 0.6 is 31.9 Å². The molecule has 0 radical (unpaired) electrons. The Hall–Kier alpha value is -0.0600. The first kappa shape index (κ1) is 13.6. The van der Waals surface area contributed by atoms with Crippen molar-refractivity contribution in [1.29, 1.82) is 0 Å². The zero-order valence-electron chi connectivity index (χ0n) is 11.5. The lowest BCUT2D eigenvalue weighted by molar-refractivity contribution is 0.401. The number of hydrogen-bond acceptors (Lipinski definition) is 2. The summed E-state index contributed by atoms with van der Waals surface area (Å²) in [5, 5.41) is 3.78. The summed E-state index contributed by atoms with van der Waals surface area (Å²) in [6.45, 7) is 0.901. The minimum absolute atomic E-state index is 0.767. The first-order valence-corrected chi connectivity index (χ1v) is 9.03. The van der Waals surface area contributed by atoms with E-state index in [1.54, 1.807) is 7.11 Å². The SMILES string of the molecule is COc1c(Br)cc(Br)cc1CNC1C2C3CCC(C3)C12. The number of methoxy groups -OCH3 is 1. The molecule has 0 amide bonds. The van der Waals surface area contributed by atoms with Gasteiger partial charge in [0.1, 0.15) is 5.75 Å². The predicted molar refractivity (Wildman–Crippen MR) is 86.8 cm³/mol. The van der Waals surface area contributed by atoms with Crippen molar-refractivity contribution in [2.24, 2.45) is 23.7 Å². The zero-order valence-corrected chi connectivity index (χ0v) is 14.7. The molecule has 0 spiro atoms. The van der Waals surface area contributed by atoms with Gasteiger partial charge < -0.3 is 10.1 Å². The smallest absolute Gasteiger partial charge is 0.137 e. The van der Waals surface area contributed by atoms with Crippen LogP contribution in [0.15, 0.2) is 21.1 Å². The van der Waals surface area contributed by atoms with E-state index in [2.05, 4.69) is 43.2 Å². The van der Waals surface area contributed by atoms with E-state index in [-0.39, 0.29) is 0 Å². The number of ether oxygens (including phenoxy) is 1. The molecule has 3 aliphatic rings. The van der Waals surface area contributed by atoms with Crippen LogP contribution in [0.3, 0.4) is 0 Å². The molecule has 0 heterocycles. The van der Waals surface area contributed by atoms with E-state index in [1.165, 1.54) is 24.8 Å². The van der Waals surface area contributed by atoms with Gasteiger partial charge in [-0.15, -0.1) is 0 Å². The maximum absolute atomic E-state index is 5.52. The van der Waals surface area contributed by atoms with Gasteiger partial charge in [-0.3, -0.25) is 0 Å². The van der Waals surface area contributed by atoms with Gasteiger partial charge in [-0.25, -0.2) is 0 Å². The number of nitrogens with one attached hydrogen (secondary N) is 1. The highest BCUT2D eigenvalue weighted by Crippen LogP contribution is 2.65. The molecule has 4 heteroatoms. The molecule has 2 nitrogen and oxygen atoms in total. The molecule has 3 saturated carbocycles. The van der Waals surface area contributed by atoms with Gasteiger partial charge in [0.15, 0.2) is 0 Å². The molecule has 2 bridgehead atoms. The highest BCUT2D eigenvalue weighted by molar-refractivity contribution is 9.11. The lowest BCUT2D eigenvalue weighted by atomic mass is 10.0. The zero-order chi connectivity index (χ0) is 13.9. The molecular weight excluding hydrogens is 382 g/mol. The third kappa shape index (κ3) is 2.06. The van der Waals surface area contributed by atoms with E-state index in [1.807, 2.05) is 6.07 Å². The molecule has 0 aliphatic heterocycles. The number of hydrogen-bond donors (Lipinski definition) is 1. The standard InChI is InChI=1S/C16H19Br2NO/c1-20-16-10(5-11(17)6-12(16)18)7-19-15-13-8-2-3-9(4-8)14(13)15/h5-6,8-9,13-15,19H,2-4,7H2,1H3. The molecule has 4 rings (SSSR count). The first-order valence-electron chi connectivity index (χ1n) is 7.44. The second kappa shape index (κ2) is 4.99. The number of benzene rings is 1. The largest absolute Gasteiger partial charge is 0.495 e. The van der Waals surface area contributed by atoms with Gasteiger partial charge in [-0.2, -0.15) is 0 Å². The van der Waals surface area contributed by atoms with E-state index in [0.29, 0.717) is 0 Å². The van der Waals surface area contributed by atoms with Crippen molar-refractivity contribution < 1.29 is 4.74 Å². The maximum atomic E-state index is 5.52. The quantitative estimate of drug-likeness (QED) is 0.810. The van der Waals surface area contributed by atoms with Crippen molar-refractivity contribution in [3.63, 3.8) is 0 Å². The molecule has 20 heavy (non-hydrogen) atoms. The van der Waals surface area contributed by atoms with Gasteiger partial charge in [0.05, 0.1) is 11.6 Å². The lowest BCUT2D eigenvalue weighted by Crippen LogP contribution is -2.22. The summed E-state index contributed by atoms with van der Waals surface area (Å²) >= 11 is 7.14. The van der Waals surface area contributed by atoms with Crippen molar-refractivity contribution in [2.75, 3.05) is 7.11 Å². The second-order valence-electron chi connectivity index (χ2n) is 6.47. The third-order valence-electron chi connectivity index (χ3n) is 5.55. The van der Waals surface area contributed by atoms with Crippen molar-refractivity contribution >= 4 is 31.9 Å². The number of fused-ring (bicyclic) bond motifs is 5. The van der Waals surface area contributed by atoms with Crippen LogP contribution in [0.2, 0.25) is 0 Å². The van der Waals surface area contributed by atoms with Gasteiger partial charge in [0.2, 0.25) is 0 Å². The normalized spacial score (nSPS) is 37.0. The van der Waals surface area contributed by atoms with Crippen molar-refractivity contribution in [3.05, 3.63) is 26.6 Å². The minimum atomic E-state index is 0.767. The Labute approximate surface area is 136 Å². The molecule has 0 saturated heterocycles. The Morgan fingerprint density at radius 3 is 2.55 bits per heavy atom. The van der Waals surface area contributed by atoms with E-state index in [4.69, 9.17) is 4.74 Å². The Bertz CT molecular complexity index is 532. The Kier molecular flexibility index (Phi) is 3.39. The summed E-state index contributed by atoms with van der Waals surface area (Å²) in [6, 6.07) is 4.96. The molecule has 3 fully saturated rings. The second-order valence-corrected chi connectivity index (χ2v) is 8.24. The first-order chi connectivity index (χ1) is 9.69. The maximum Gasteiger partial charge on any atom is 0.137 e. The summed E-state index contributed by atoms with van der Waals surface area (Å²) in [4.78, 5) is 0. The van der Waals surface area contributed by atoms with Crippen molar-refractivity contribution in [3.8, 4) is 5.75 Å². The summed E-state index contributed by atoms with van der Waals surface area (Å²) in [5.41, 5.74) is 1.23. The molecular formula is C16H19Br2NO. The summed E-state index contributed by atoms with van der Waals surface area (Å²) in [7, 11) is 1.74. The average Bonchev–Trinajstić information content (AvgIpc) is 2.79. The molecule has 4 atom stereocenters. The van der Waals surface area contributed by atoms with Crippen LogP contribution in [-0.2, 0) is 6.54 Å². The summed E-state index contributed by atoms with van der Waals surface area (Å²) < 4.78 is 7.64. The molecule has 108 valence electrons. The van der Waals surface area contributed by atoms with Crippen LogP contribution in [0.25, 0.3) is 0 Å². The van der Waals surface area contributed by atoms with Gasteiger partial charge in [0.25, 0.3) is 0 Å². The minimum Gasteiger partial charge on any atom is -0.495 e. The van der Waals surface area contributed by atoms with Crippen molar-refractivity contribution in [2.45, 2.75) is 31.8 Å². The fourth-order valence-corrected chi connectivity index (χ4v) is 6.28. The van der Waals surface area contributed by atoms with Crippen molar-refractivity contribution in [1.82, 2.24) is 5.32 Å². The van der Waals surface area contributed by atoms with Crippen LogP contribution in [0, 0.1) is 23.7 Å². The van der Waals surface area contributed by atoms with E-state index in [9.17, 15) is 0 Å². The molecule has 1 aromatic carbocycles. The Balaban J connectivity index is 1.46. The van der Waals surface area contributed by atoms with Gasteiger partial charge in [0, 0.05) is 22.6 Å². The average molecular weight is 401 g/mol. The van der Waals surface area contributed by atoms with Gasteiger partial charge >= 0.3 is 0 Å². The highest BCUT2D eigenvalue weighted by atomic mass is 79.9. The molecule has 4 unspecified atom stereocenters. The van der Waals surface area contributed by atoms with Gasteiger partial charge in [-0.1, -0.05) is 15.9 Å². The molecule has 0 aromatic heterocycles. The fraction of sp³-hybridized carbons (Fsp3) is 0.625. The Morgan fingerprint density at radius 1 is 1.20 bits per heavy atom. The molecule has 1 aromatic rings. The monoisotopic (exact) mass is 399 g/mol. The predicted octanol–water partition coefficient (Wildman–Crippen LogP) is 4.35. The molecule has 3 aliphatic carbocycles. The third-order valence-corrected chi connectivity index (χ3v) is 6.60. The number of halogens is 2. The van der Waals surface area contributed by atoms with Crippen LogP contribution in [0.1, 0.15) is 24.8 Å². The number of rotatable bonds is 4. The van der Waals surface area contributed by atoms with Gasteiger partial charge in [-0.05, 0) is 71.0 Å². The highest BCUT2D eigenvalue weighted by Gasteiger charge is 2.64. The van der Waals surface area contributed by atoms with E-state index < -0.39 is 0 Å². The summed E-state index contributed by atoms with van der Waals surface area (Å²) in [6.07, 6.45) is 4.48. The summed E-state index contributed by atoms with van der Waals surface area (Å²) in [5.74, 6) is 4.97.